The smallest absolute Gasteiger partial charge is 0.287 e. The minimum atomic E-state index is -0.326. The lowest BCUT2D eigenvalue weighted by Crippen LogP contribution is -2.22. The summed E-state index contributed by atoms with van der Waals surface area (Å²) in [6.07, 6.45) is 1.86. The lowest BCUT2D eigenvalue weighted by atomic mass is 10.2. The molecule has 0 aliphatic heterocycles. The van der Waals surface area contributed by atoms with Crippen LogP contribution in [-0.4, -0.2) is 15.7 Å². The lowest BCUT2D eigenvalue weighted by Gasteiger charge is -2.04. The van der Waals surface area contributed by atoms with E-state index in [9.17, 15) is 9.18 Å². The van der Waals surface area contributed by atoms with Gasteiger partial charge in [0.05, 0.1) is 5.69 Å². The summed E-state index contributed by atoms with van der Waals surface area (Å²) in [6, 6.07) is 8.96. The molecule has 1 aromatic carbocycles. The van der Waals surface area contributed by atoms with Crippen molar-refractivity contribution in [3.05, 3.63) is 71.2 Å². The van der Waals surface area contributed by atoms with E-state index in [1.807, 2.05) is 20.2 Å². The third-order valence-electron chi connectivity index (χ3n) is 3.63. The Labute approximate surface area is 144 Å². The molecule has 0 bridgehead atoms. The summed E-state index contributed by atoms with van der Waals surface area (Å²) in [5.41, 5.74) is 1.82. The van der Waals surface area contributed by atoms with Crippen molar-refractivity contribution in [2.45, 2.75) is 20.1 Å². The van der Waals surface area contributed by atoms with Gasteiger partial charge in [0.1, 0.15) is 23.9 Å². The number of nitrogens with one attached hydrogen (secondary N) is 1. The molecule has 0 atom stereocenters. The second-order valence-electron chi connectivity index (χ2n) is 5.60. The second kappa shape index (κ2) is 7.21. The first-order valence-electron chi connectivity index (χ1n) is 7.75. The number of amides is 1. The topological polar surface area (TPSA) is 69.3 Å². The Kier molecular flexibility index (Phi) is 4.83. The minimum Gasteiger partial charge on any atom is -0.486 e. The largest absolute Gasteiger partial charge is 0.486 e. The van der Waals surface area contributed by atoms with Crippen LogP contribution in [0.25, 0.3) is 0 Å². The van der Waals surface area contributed by atoms with Gasteiger partial charge < -0.3 is 14.5 Å². The molecule has 0 saturated heterocycles. The minimum absolute atomic E-state index is 0.153. The van der Waals surface area contributed by atoms with Crippen LogP contribution in [-0.2, 0) is 20.2 Å². The van der Waals surface area contributed by atoms with Crippen LogP contribution in [0.4, 0.5) is 4.39 Å². The first-order valence-corrected chi connectivity index (χ1v) is 7.75. The van der Waals surface area contributed by atoms with Crippen molar-refractivity contribution in [1.29, 1.82) is 0 Å². The van der Waals surface area contributed by atoms with Gasteiger partial charge in [0, 0.05) is 25.4 Å². The maximum atomic E-state index is 12.8. The van der Waals surface area contributed by atoms with Crippen molar-refractivity contribution in [2.24, 2.45) is 7.05 Å². The monoisotopic (exact) mass is 343 g/mol. The fraction of sp³-hybridized carbons (Fsp3) is 0.222. The van der Waals surface area contributed by atoms with Crippen LogP contribution in [0, 0.1) is 12.7 Å². The van der Waals surface area contributed by atoms with Gasteiger partial charge in [-0.2, -0.15) is 5.10 Å². The van der Waals surface area contributed by atoms with Gasteiger partial charge in [-0.25, -0.2) is 4.39 Å². The maximum absolute atomic E-state index is 12.8. The third-order valence-corrected chi connectivity index (χ3v) is 3.63. The van der Waals surface area contributed by atoms with E-state index < -0.39 is 0 Å². The van der Waals surface area contributed by atoms with E-state index in [2.05, 4.69) is 10.4 Å². The molecule has 0 unspecified atom stereocenters. The van der Waals surface area contributed by atoms with Gasteiger partial charge in [0.25, 0.3) is 5.91 Å². The van der Waals surface area contributed by atoms with E-state index in [-0.39, 0.29) is 24.1 Å². The van der Waals surface area contributed by atoms with E-state index in [4.69, 9.17) is 9.15 Å². The van der Waals surface area contributed by atoms with Gasteiger partial charge in [-0.1, -0.05) is 0 Å². The number of carbonyl (C=O) groups is 1. The highest BCUT2D eigenvalue weighted by atomic mass is 19.1. The van der Waals surface area contributed by atoms with Crippen LogP contribution < -0.4 is 10.1 Å². The number of nitrogens with zero attached hydrogens (tertiary/aromatic N) is 2. The molecule has 0 aliphatic rings. The fourth-order valence-corrected chi connectivity index (χ4v) is 2.35. The number of aryl methyl sites for hydroxylation is 2. The molecule has 2 heterocycles. The highest BCUT2D eigenvalue weighted by Gasteiger charge is 2.12. The average Bonchev–Trinajstić information content (AvgIpc) is 3.18. The summed E-state index contributed by atoms with van der Waals surface area (Å²) in [6.45, 7) is 2.42. The number of benzene rings is 1. The molecule has 0 aliphatic carbocycles. The standard InChI is InChI=1S/C18H18FN3O3/c1-12-13(10-22(2)21-12)9-20-18(23)17-8-7-16(25-17)11-24-15-5-3-14(19)4-6-15/h3-8,10H,9,11H2,1-2H3,(H,20,23). The number of hydrogen-bond acceptors (Lipinski definition) is 4. The highest BCUT2D eigenvalue weighted by Crippen LogP contribution is 2.15. The first kappa shape index (κ1) is 16.8. The van der Waals surface area contributed by atoms with E-state index in [1.54, 1.807) is 16.8 Å². The molecule has 3 rings (SSSR count). The molecule has 6 nitrogen and oxygen atoms in total. The normalized spacial score (nSPS) is 10.7. The van der Waals surface area contributed by atoms with Crippen molar-refractivity contribution in [3.8, 4) is 5.75 Å². The summed E-state index contributed by atoms with van der Waals surface area (Å²) in [5.74, 6) is 0.603. The Morgan fingerprint density at radius 1 is 1.28 bits per heavy atom. The van der Waals surface area contributed by atoms with Crippen molar-refractivity contribution in [3.63, 3.8) is 0 Å². The third kappa shape index (κ3) is 4.26. The number of furan rings is 1. The van der Waals surface area contributed by atoms with Gasteiger partial charge in [-0.05, 0) is 43.3 Å². The molecule has 2 aromatic heterocycles. The van der Waals surface area contributed by atoms with Gasteiger partial charge in [0.15, 0.2) is 5.76 Å². The molecule has 0 spiro atoms. The molecule has 130 valence electrons. The number of halogens is 1. The zero-order valence-electron chi connectivity index (χ0n) is 14.0. The Hall–Kier alpha value is -3.09. The van der Waals surface area contributed by atoms with Crippen LogP contribution in [0.5, 0.6) is 5.75 Å². The molecule has 0 saturated carbocycles. The van der Waals surface area contributed by atoms with Crippen LogP contribution in [0.1, 0.15) is 27.6 Å². The zero-order chi connectivity index (χ0) is 17.8. The van der Waals surface area contributed by atoms with Crippen molar-refractivity contribution >= 4 is 5.91 Å². The first-order chi connectivity index (χ1) is 12.0. The van der Waals surface area contributed by atoms with Crippen molar-refractivity contribution in [2.75, 3.05) is 0 Å². The van der Waals surface area contributed by atoms with Crippen LogP contribution in [0.2, 0.25) is 0 Å². The van der Waals surface area contributed by atoms with Gasteiger partial charge in [0.2, 0.25) is 0 Å². The summed E-state index contributed by atoms with van der Waals surface area (Å²) >= 11 is 0. The van der Waals surface area contributed by atoms with Gasteiger partial charge >= 0.3 is 0 Å². The Balaban J connectivity index is 1.54. The quantitative estimate of drug-likeness (QED) is 0.747. The number of rotatable bonds is 6. The average molecular weight is 343 g/mol. The Bertz CT molecular complexity index is 868. The molecular formula is C18H18FN3O3. The molecule has 3 aromatic rings. The van der Waals surface area contributed by atoms with E-state index >= 15 is 0 Å². The van der Waals surface area contributed by atoms with Crippen molar-refractivity contribution in [1.82, 2.24) is 15.1 Å². The second-order valence-corrected chi connectivity index (χ2v) is 5.60. The number of hydrogen-bond donors (Lipinski definition) is 1. The molecule has 0 fully saturated rings. The summed E-state index contributed by atoms with van der Waals surface area (Å²) in [4.78, 5) is 12.1. The van der Waals surface area contributed by atoms with Crippen LogP contribution in [0.3, 0.4) is 0 Å². The van der Waals surface area contributed by atoms with E-state index in [0.717, 1.165) is 11.3 Å². The van der Waals surface area contributed by atoms with Gasteiger partial charge in [-0.3, -0.25) is 9.48 Å². The predicted molar refractivity (Wildman–Crippen MR) is 88.6 cm³/mol. The highest BCUT2D eigenvalue weighted by molar-refractivity contribution is 5.91. The summed E-state index contributed by atoms with van der Waals surface area (Å²) in [5, 5.41) is 7.02. The zero-order valence-corrected chi connectivity index (χ0v) is 14.0. The SMILES string of the molecule is Cc1nn(C)cc1CNC(=O)c1ccc(COc2ccc(F)cc2)o1. The molecule has 0 radical (unpaired) electrons. The molecular weight excluding hydrogens is 325 g/mol. The van der Waals surface area contributed by atoms with E-state index in [1.165, 1.54) is 24.3 Å². The Morgan fingerprint density at radius 2 is 2.04 bits per heavy atom. The molecule has 25 heavy (non-hydrogen) atoms. The van der Waals surface area contributed by atoms with Crippen LogP contribution >= 0.6 is 0 Å². The number of ether oxygens (including phenoxy) is 1. The lowest BCUT2D eigenvalue weighted by molar-refractivity contribution is 0.0919. The van der Waals surface area contributed by atoms with Crippen molar-refractivity contribution < 1.29 is 18.3 Å². The Morgan fingerprint density at radius 3 is 2.72 bits per heavy atom. The fourth-order valence-electron chi connectivity index (χ4n) is 2.35. The molecule has 1 N–H and O–H groups in total. The number of aromatic nitrogens is 2. The van der Waals surface area contributed by atoms with Crippen LogP contribution in [0.15, 0.2) is 47.0 Å². The predicted octanol–water partition coefficient (Wildman–Crippen LogP) is 2.97. The summed E-state index contributed by atoms with van der Waals surface area (Å²) in [7, 11) is 1.83. The number of carbonyl (C=O) groups excluding carboxylic acids is 1. The van der Waals surface area contributed by atoms with E-state index in [0.29, 0.717) is 18.1 Å². The maximum Gasteiger partial charge on any atom is 0.287 e. The molecule has 1 amide bonds. The van der Waals surface area contributed by atoms with Gasteiger partial charge in [-0.15, -0.1) is 0 Å². The molecule has 7 heteroatoms. The summed E-state index contributed by atoms with van der Waals surface area (Å²) < 4.78 is 25.5.